The van der Waals surface area contributed by atoms with Crippen LogP contribution in [0, 0.1) is 0 Å². The van der Waals surface area contributed by atoms with E-state index in [1.165, 1.54) is 5.56 Å². The van der Waals surface area contributed by atoms with Crippen LogP contribution in [0.15, 0.2) is 22.7 Å². The number of rotatable bonds is 6. The number of hydrogen-bond acceptors (Lipinski definition) is 2. The Hall–Kier alpha value is -1.03. The summed E-state index contributed by atoms with van der Waals surface area (Å²) in [6, 6.07) is 5.91. The lowest BCUT2D eigenvalue weighted by molar-refractivity contribution is -0.131. The van der Waals surface area contributed by atoms with E-state index < -0.39 is 0 Å². The number of benzene rings is 1. The number of anilines is 1. The maximum Gasteiger partial charge on any atom is 0.244 e. The second kappa shape index (κ2) is 7.53. The summed E-state index contributed by atoms with van der Waals surface area (Å²) in [6.45, 7) is 9.55. The molecule has 0 spiro atoms. The highest BCUT2D eigenvalue weighted by Crippen LogP contribution is 2.22. The summed E-state index contributed by atoms with van der Waals surface area (Å²) in [5.41, 5.74) is 2.26. The Balaban J connectivity index is 2.81. The Morgan fingerprint density at radius 2 is 1.95 bits per heavy atom. The lowest BCUT2D eigenvalue weighted by atomic mass is 10.1. The number of nitrogens with one attached hydrogen (secondary N) is 1. The number of amides is 1. The molecule has 0 fully saturated rings. The van der Waals surface area contributed by atoms with Gasteiger partial charge >= 0.3 is 0 Å². The van der Waals surface area contributed by atoms with Gasteiger partial charge in [0.1, 0.15) is 6.04 Å². The van der Waals surface area contributed by atoms with Crippen molar-refractivity contribution in [1.82, 2.24) is 4.90 Å². The standard InChI is InChI=1S/C15H23BrN2O/c1-5-12-10-13(16)8-9-14(12)17-11(4)15(19)18(6-2)7-3/h8-11,17H,5-7H2,1-4H3. The topological polar surface area (TPSA) is 32.3 Å². The van der Waals surface area contributed by atoms with Crippen LogP contribution in [-0.2, 0) is 11.2 Å². The Kier molecular flexibility index (Phi) is 6.35. The number of nitrogens with zero attached hydrogens (tertiary/aromatic N) is 1. The fraction of sp³-hybridized carbons (Fsp3) is 0.533. The van der Waals surface area contributed by atoms with E-state index in [0.29, 0.717) is 0 Å². The number of carbonyl (C=O) groups excluding carboxylic acids is 1. The highest BCUT2D eigenvalue weighted by Gasteiger charge is 2.18. The van der Waals surface area contributed by atoms with Gasteiger partial charge in [-0.3, -0.25) is 4.79 Å². The van der Waals surface area contributed by atoms with Crippen molar-refractivity contribution in [2.45, 2.75) is 40.2 Å². The third kappa shape index (κ3) is 4.23. The summed E-state index contributed by atoms with van der Waals surface area (Å²) in [4.78, 5) is 14.1. The van der Waals surface area contributed by atoms with Crippen LogP contribution in [-0.4, -0.2) is 29.9 Å². The van der Waals surface area contributed by atoms with Gasteiger partial charge in [-0.1, -0.05) is 22.9 Å². The van der Waals surface area contributed by atoms with Crippen LogP contribution in [0.1, 0.15) is 33.3 Å². The van der Waals surface area contributed by atoms with E-state index in [1.807, 2.05) is 37.8 Å². The maximum absolute atomic E-state index is 12.2. The molecule has 0 aliphatic heterocycles. The van der Waals surface area contributed by atoms with Crippen LogP contribution < -0.4 is 5.32 Å². The Labute approximate surface area is 124 Å². The Morgan fingerprint density at radius 3 is 2.47 bits per heavy atom. The van der Waals surface area contributed by atoms with Crippen LogP contribution in [0.3, 0.4) is 0 Å². The van der Waals surface area contributed by atoms with Gasteiger partial charge in [0.05, 0.1) is 0 Å². The molecule has 1 rings (SSSR count). The molecule has 106 valence electrons. The number of aryl methyl sites for hydroxylation is 1. The first-order chi connectivity index (χ1) is 9.03. The molecule has 1 N–H and O–H groups in total. The summed E-state index contributed by atoms with van der Waals surface area (Å²) < 4.78 is 1.07. The van der Waals surface area contributed by atoms with Gasteiger partial charge in [-0.15, -0.1) is 0 Å². The minimum atomic E-state index is -0.202. The smallest absolute Gasteiger partial charge is 0.244 e. The molecule has 1 unspecified atom stereocenters. The Bertz CT molecular complexity index is 430. The first-order valence-electron chi connectivity index (χ1n) is 6.87. The minimum absolute atomic E-state index is 0.148. The van der Waals surface area contributed by atoms with Crippen molar-refractivity contribution < 1.29 is 4.79 Å². The third-order valence-electron chi connectivity index (χ3n) is 3.27. The normalized spacial score (nSPS) is 12.1. The number of hydrogen-bond donors (Lipinski definition) is 1. The van der Waals surface area contributed by atoms with E-state index >= 15 is 0 Å². The third-order valence-corrected chi connectivity index (χ3v) is 3.76. The first-order valence-corrected chi connectivity index (χ1v) is 7.66. The van der Waals surface area contributed by atoms with E-state index in [2.05, 4.69) is 34.2 Å². The molecule has 0 radical (unpaired) electrons. The average molecular weight is 327 g/mol. The molecule has 3 nitrogen and oxygen atoms in total. The predicted molar refractivity (Wildman–Crippen MR) is 84.5 cm³/mol. The average Bonchev–Trinajstić information content (AvgIpc) is 2.41. The molecular weight excluding hydrogens is 304 g/mol. The second-order valence-corrected chi connectivity index (χ2v) is 5.45. The van der Waals surface area contributed by atoms with E-state index in [0.717, 1.165) is 29.7 Å². The molecule has 1 aromatic carbocycles. The van der Waals surface area contributed by atoms with Crippen LogP contribution in [0.25, 0.3) is 0 Å². The van der Waals surface area contributed by atoms with E-state index in [-0.39, 0.29) is 11.9 Å². The molecular formula is C15H23BrN2O. The monoisotopic (exact) mass is 326 g/mol. The first kappa shape index (κ1) is 16.0. The van der Waals surface area contributed by atoms with Crippen molar-refractivity contribution in [3.05, 3.63) is 28.2 Å². The summed E-state index contributed by atoms with van der Waals surface area (Å²) in [7, 11) is 0. The largest absolute Gasteiger partial charge is 0.374 e. The van der Waals surface area contributed by atoms with Crippen molar-refractivity contribution in [2.75, 3.05) is 18.4 Å². The van der Waals surface area contributed by atoms with Crippen molar-refractivity contribution in [3.8, 4) is 0 Å². The van der Waals surface area contributed by atoms with Crippen molar-refractivity contribution in [1.29, 1.82) is 0 Å². The van der Waals surface area contributed by atoms with Crippen molar-refractivity contribution in [3.63, 3.8) is 0 Å². The van der Waals surface area contributed by atoms with E-state index in [4.69, 9.17) is 0 Å². The summed E-state index contributed by atoms with van der Waals surface area (Å²) in [6.07, 6.45) is 0.938. The number of halogens is 1. The van der Waals surface area contributed by atoms with Gasteiger partial charge in [-0.2, -0.15) is 0 Å². The lowest BCUT2D eigenvalue weighted by Crippen LogP contribution is -2.41. The summed E-state index contributed by atoms with van der Waals surface area (Å²) >= 11 is 3.47. The van der Waals surface area contributed by atoms with Crippen molar-refractivity contribution in [2.24, 2.45) is 0 Å². The van der Waals surface area contributed by atoms with E-state index in [1.54, 1.807) is 0 Å². The lowest BCUT2D eigenvalue weighted by Gasteiger charge is -2.25. The molecule has 0 saturated carbocycles. The molecule has 0 saturated heterocycles. The zero-order valence-corrected chi connectivity index (χ0v) is 13.8. The molecule has 0 bridgehead atoms. The quantitative estimate of drug-likeness (QED) is 0.864. The number of carbonyl (C=O) groups is 1. The Morgan fingerprint density at radius 1 is 1.32 bits per heavy atom. The highest BCUT2D eigenvalue weighted by atomic mass is 79.9. The van der Waals surface area contributed by atoms with Crippen LogP contribution >= 0.6 is 15.9 Å². The minimum Gasteiger partial charge on any atom is -0.374 e. The SMILES string of the molecule is CCc1cc(Br)ccc1NC(C)C(=O)N(CC)CC. The maximum atomic E-state index is 12.2. The molecule has 19 heavy (non-hydrogen) atoms. The number of likely N-dealkylation sites (N-methyl/N-ethyl adjacent to an activating group) is 1. The summed E-state index contributed by atoms with van der Waals surface area (Å²) in [5.74, 6) is 0.148. The van der Waals surface area contributed by atoms with Crippen LogP contribution in [0.2, 0.25) is 0 Å². The van der Waals surface area contributed by atoms with Crippen LogP contribution in [0.5, 0.6) is 0 Å². The molecule has 1 atom stereocenters. The van der Waals surface area contributed by atoms with Gasteiger partial charge in [0, 0.05) is 23.2 Å². The van der Waals surface area contributed by atoms with Crippen molar-refractivity contribution >= 4 is 27.5 Å². The van der Waals surface area contributed by atoms with Gasteiger partial charge in [0.15, 0.2) is 0 Å². The molecule has 0 aromatic heterocycles. The van der Waals surface area contributed by atoms with E-state index in [9.17, 15) is 4.79 Å². The van der Waals surface area contributed by atoms with Gasteiger partial charge in [0.2, 0.25) is 5.91 Å². The molecule has 1 aromatic rings. The van der Waals surface area contributed by atoms with Gasteiger partial charge < -0.3 is 10.2 Å². The van der Waals surface area contributed by atoms with Gasteiger partial charge in [-0.05, 0) is 51.0 Å². The van der Waals surface area contributed by atoms with Crippen LogP contribution in [0.4, 0.5) is 5.69 Å². The highest BCUT2D eigenvalue weighted by molar-refractivity contribution is 9.10. The fourth-order valence-electron chi connectivity index (χ4n) is 2.10. The predicted octanol–water partition coefficient (Wildman–Crippen LogP) is 3.68. The fourth-order valence-corrected chi connectivity index (χ4v) is 2.51. The van der Waals surface area contributed by atoms with Gasteiger partial charge in [0.25, 0.3) is 0 Å². The zero-order valence-electron chi connectivity index (χ0n) is 12.2. The molecule has 1 amide bonds. The summed E-state index contributed by atoms with van der Waals surface area (Å²) in [5, 5.41) is 3.33. The van der Waals surface area contributed by atoms with Gasteiger partial charge in [-0.25, -0.2) is 0 Å². The molecule has 4 heteroatoms. The molecule has 0 aliphatic carbocycles. The molecule has 0 heterocycles. The zero-order chi connectivity index (χ0) is 14.4. The second-order valence-electron chi connectivity index (χ2n) is 4.53. The molecule has 0 aliphatic rings.